The third kappa shape index (κ3) is 8.74. The standard InChI is InChI=1S/C43H39N5O4S/c1-4-38(42(51)46-39-29(2)47(3)48(43(39)52)35-20-12-7-13-21-35)53-36-22-14-19-34(28-36)44-41(50)37(45-40(49)33-17-10-6-11-18-33)27-30-23-25-32(26-24-30)31-15-8-5-9-16-31/h5-28,38H,4H2,1-3H3,(H,44,50)(H,45,49)(H,46,51)/b37-27+. The molecule has 1 unspecified atom stereocenters. The summed E-state index contributed by atoms with van der Waals surface area (Å²) in [4.78, 5) is 54.7. The Kier molecular flexibility index (Phi) is 11.5. The van der Waals surface area contributed by atoms with Gasteiger partial charge < -0.3 is 16.0 Å². The summed E-state index contributed by atoms with van der Waals surface area (Å²) in [7, 11) is 1.78. The highest BCUT2D eigenvalue weighted by atomic mass is 32.2. The zero-order valence-corrected chi connectivity index (χ0v) is 30.4. The van der Waals surface area contributed by atoms with E-state index in [4.69, 9.17) is 0 Å². The summed E-state index contributed by atoms with van der Waals surface area (Å²) in [6, 6.07) is 42.8. The number of carbonyl (C=O) groups excluding carboxylic acids is 3. The minimum atomic E-state index is -0.524. The SMILES string of the molecule is CCC(Sc1cccc(NC(=O)/C(=C\c2ccc(-c3ccccc3)cc2)NC(=O)c2ccccc2)c1)C(=O)Nc1c(C)n(C)n(-c2ccccc2)c1=O. The zero-order valence-electron chi connectivity index (χ0n) is 29.6. The minimum Gasteiger partial charge on any atom is -0.321 e. The molecule has 0 spiro atoms. The molecule has 3 N–H and O–H groups in total. The number of benzene rings is 5. The lowest BCUT2D eigenvalue weighted by Crippen LogP contribution is -2.30. The maximum absolute atomic E-state index is 13.8. The van der Waals surface area contributed by atoms with Crippen molar-refractivity contribution in [2.75, 3.05) is 10.6 Å². The molecule has 3 amide bonds. The highest BCUT2D eigenvalue weighted by Crippen LogP contribution is 2.29. The van der Waals surface area contributed by atoms with Crippen molar-refractivity contribution in [2.45, 2.75) is 30.4 Å². The van der Waals surface area contributed by atoms with Gasteiger partial charge in [0, 0.05) is 23.2 Å². The van der Waals surface area contributed by atoms with Crippen LogP contribution in [-0.4, -0.2) is 32.3 Å². The molecule has 9 nitrogen and oxygen atoms in total. The molecular weight excluding hydrogens is 683 g/mol. The fourth-order valence-corrected chi connectivity index (χ4v) is 6.77. The van der Waals surface area contributed by atoms with E-state index in [9.17, 15) is 19.2 Å². The molecule has 1 atom stereocenters. The predicted molar refractivity (Wildman–Crippen MR) is 213 cm³/mol. The van der Waals surface area contributed by atoms with Crippen LogP contribution in [0.2, 0.25) is 0 Å². The number of thioether (sulfide) groups is 1. The molecule has 0 aliphatic carbocycles. The quantitative estimate of drug-likeness (QED) is 0.0874. The van der Waals surface area contributed by atoms with Crippen molar-refractivity contribution in [1.29, 1.82) is 0 Å². The van der Waals surface area contributed by atoms with E-state index in [0.717, 1.165) is 21.6 Å². The van der Waals surface area contributed by atoms with Crippen molar-refractivity contribution in [3.63, 3.8) is 0 Å². The third-order valence-electron chi connectivity index (χ3n) is 8.69. The van der Waals surface area contributed by atoms with Gasteiger partial charge >= 0.3 is 0 Å². The van der Waals surface area contributed by atoms with Crippen molar-refractivity contribution in [3.8, 4) is 16.8 Å². The van der Waals surface area contributed by atoms with Gasteiger partial charge in [-0.1, -0.05) is 104 Å². The number of hydrogen-bond donors (Lipinski definition) is 3. The van der Waals surface area contributed by atoms with Crippen LogP contribution in [0.4, 0.5) is 11.4 Å². The van der Waals surface area contributed by atoms with Crippen LogP contribution in [0.1, 0.15) is 35.0 Å². The van der Waals surface area contributed by atoms with Gasteiger partial charge in [-0.05, 0) is 78.6 Å². The molecular formula is C43H39N5O4S. The van der Waals surface area contributed by atoms with Gasteiger partial charge in [-0.2, -0.15) is 0 Å². The van der Waals surface area contributed by atoms with E-state index in [1.165, 1.54) is 16.4 Å². The van der Waals surface area contributed by atoms with E-state index in [0.29, 0.717) is 29.1 Å². The molecule has 6 rings (SSSR count). The van der Waals surface area contributed by atoms with Crippen molar-refractivity contribution in [2.24, 2.45) is 7.05 Å². The fourth-order valence-electron chi connectivity index (χ4n) is 5.76. The highest BCUT2D eigenvalue weighted by Gasteiger charge is 2.24. The van der Waals surface area contributed by atoms with Crippen LogP contribution in [0.15, 0.2) is 155 Å². The Morgan fingerprint density at radius 1 is 0.755 bits per heavy atom. The van der Waals surface area contributed by atoms with Crippen LogP contribution in [-0.2, 0) is 16.6 Å². The summed E-state index contributed by atoms with van der Waals surface area (Å²) in [6.45, 7) is 3.70. The summed E-state index contributed by atoms with van der Waals surface area (Å²) >= 11 is 1.33. The van der Waals surface area contributed by atoms with Gasteiger partial charge in [0.05, 0.1) is 16.6 Å². The first-order valence-corrected chi connectivity index (χ1v) is 18.1. The Bertz CT molecular complexity index is 2320. The molecule has 0 aliphatic heterocycles. The van der Waals surface area contributed by atoms with Gasteiger partial charge in [0.15, 0.2) is 0 Å². The smallest absolute Gasteiger partial charge is 0.295 e. The van der Waals surface area contributed by atoms with E-state index in [-0.39, 0.29) is 22.9 Å². The van der Waals surface area contributed by atoms with Crippen LogP contribution in [0.5, 0.6) is 0 Å². The van der Waals surface area contributed by atoms with Crippen molar-refractivity contribution in [1.82, 2.24) is 14.7 Å². The number of anilines is 2. The van der Waals surface area contributed by atoms with Crippen molar-refractivity contribution < 1.29 is 14.4 Å². The van der Waals surface area contributed by atoms with Gasteiger partial charge in [-0.3, -0.25) is 23.9 Å². The Hall–Kier alpha value is -6.39. The maximum atomic E-state index is 13.8. The average molecular weight is 722 g/mol. The second-order valence-corrected chi connectivity index (χ2v) is 13.6. The lowest BCUT2D eigenvalue weighted by Gasteiger charge is -2.15. The molecule has 0 bridgehead atoms. The number of hydrogen-bond acceptors (Lipinski definition) is 5. The molecule has 0 saturated heterocycles. The summed E-state index contributed by atoms with van der Waals surface area (Å²) in [6.07, 6.45) is 2.13. The number of carbonyl (C=O) groups is 3. The lowest BCUT2D eigenvalue weighted by molar-refractivity contribution is -0.116. The molecule has 0 aliphatic rings. The predicted octanol–water partition coefficient (Wildman–Crippen LogP) is 8.07. The molecule has 53 heavy (non-hydrogen) atoms. The average Bonchev–Trinajstić information content (AvgIpc) is 3.40. The summed E-state index contributed by atoms with van der Waals surface area (Å²) in [5.74, 6) is -1.23. The number of nitrogens with one attached hydrogen (secondary N) is 3. The molecule has 0 radical (unpaired) electrons. The second-order valence-electron chi connectivity index (χ2n) is 12.3. The molecule has 0 saturated carbocycles. The number of amides is 3. The first-order valence-electron chi connectivity index (χ1n) is 17.2. The number of rotatable bonds is 12. The molecule has 266 valence electrons. The summed E-state index contributed by atoms with van der Waals surface area (Å²) < 4.78 is 3.24. The van der Waals surface area contributed by atoms with Gasteiger partial charge in [-0.25, -0.2) is 4.68 Å². The topological polar surface area (TPSA) is 114 Å². The Morgan fingerprint density at radius 3 is 2.04 bits per heavy atom. The zero-order chi connectivity index (χ0) is 37.3. The van der Waals surface area contributed by atoms with Gasteiger partial charge in [-0.15, -0.1) is 11.8 Å². The van der Waals surface area contributed by atoms with Crippen LogP contribution in [0.25, 0.3) is 22.9 Å². The van der Waals surface area contributed by atoms with Crippen molar-refractivity contribution >= 4 is 46.9 Å². The second kappa shape index (κ2) is 16.8. The van der Waals surface area contributed by atoms with Crippen LogP contribution in [0.3, 0.4) is 0 Å². The number of aromatic nitrogens is 2. The normalized spacial score (nSPS) is 11.8. The van der Waals surface area contributed by atoms with Crippen molar-refractivity contribution in [3.05, 3.63) is 172 Å². The van der Waals surface area contributed by atoms with Crippen LogP contribution >= 0.6 is 11.8 Å². The number of para-hydroxylation sites is 1. The first kappa shape index (κ1) is 36.4. The van der Waals surface area contributed by atoms with E-state index < -0.39 is 17.1 Å². The number of nitrogens with zero attached hydrogens (tertiary/aromatic N) is 2. The van der Waals surface area contributed by atoms with E-state index in [2.05, 4.69) is 16.0 Å². The van der Waals surface area contributed by atoms with E-state index in [1.54, 1.807) is 67.2 Å². The Morgan fingerprint density at radius 2 is 1.38 bits per heavy atom. The summed E-state index contributed by atoms with van der Waals surface area (Å²) in [5.41, 5.74) is 5.03. The van der Waals surface area contributed by atoms with Crippen LogP contribution < -0.4 is 21.5 Å². The molecule has 0 fully saturated rings. The van der Waals surface area contributed by atoms with Gasteiger partial charge in [0.1, 0.15) is 11.4 Å². The Labute approximate surface area is 312 Å². The lowest BCUT2D eigenvalue weighted by atomic mass is 10.0. The molecule has 1 aromatic heterocycles. The molecule has 5 aromatic carbocycles. The largest absolute Gasteiger partial charge is 0.321 e. The van der Waals surface area contributed by atoms with Gasteiger partial charge in [0.2, 0.25) is 5.91 Å². The van der Waals surface area contributed by atoms with Crippen LogP contribution in [0, 0.1) is 6.92 Å². The molecule has 10 heteroatoms. The third-order valence-corrected chi connectivity index (χ3v) is 10.1. The summed E-state index contributed by atoms with van der Waals surface area (Å²) in [5, 5.41) is 8.06. The highest BCUT2D eigenvalue weighted by molar-refractivity contribution is 8.00. The van der Waals surface area contributed by atoms with E-state index in [1.807, 2.05) is 104 Å². The maximum Gasteiger partial charge on any atom is 0.295 e. The molecule has 1 heterocycles. The Balaban J connectivity index is 1.19. The minimum absolute atomic E-state index is 0.0644. The first-order chi connectivity index (χ1) is 25.7. The van der Waals surface area contributed by atoms with E-state index >= 15 is 0 Å². The van der Waals surface area contributed by atoms with Gasteiger partial charge in [0.25, 0.3) is 17.4 Å². The fraction of sp³-hybridized carbons (Fsp3) is 0.116. The monoisotopic (exact) mass is 721 g/mol. The molecule has 6 aromatic rings.